The average Bonchev–Trinajstić information content (AvgIpc) is 3.18. The molecule has 26 heavy (non-hydrogen) atoms. The standard InChI is InChI=1S/C17H15BrN6O2/c1-23(10-16(25)20-15-5-3-2-4-14(15)18)17(26)12-6-8-13(9-7-12)24-11-19-21-22-24/h2-9,11H,10H2,1H3,(H,20,25). The summed E-state index contributed by atoms with van der Waals surface area (Å²) in [5.41, 5.74) is 1.86. The van der Waals surface area contributed by atoms with Crippen molar-refractivity contribution in [3.05, 3.63) is 64.9 Å². The smallest absolute Gasteiger partial charge is 0.254 e. The van der Waals surface area contributed by atoms with Crippen LogP contribution < -0.4 is 5.32 Å². The van der Waals surface area contributed by atoms with Gasteiger partial charge in [-0.25, -0.2) is 4.68 Å². The van der Waals surface area contributed by atoms with Crippen LogP contribution in [0, 0.1) is 0 Å². The van der Waals surface area contributed by atoms with Gasteiger partial charge in [-0.1, -0.05) is 12.1 Å². The molecular weight excluding hydrogens is 400 g/mol. The maximum Gasteiger partial charge on any atom is 0.254 e. The lowest BCUT2D eigenvalue weighted by atomic mass is 10.2. The van der Waals surface area contributed by atoms with Crippen LogP contribution in [0.3, 0.4) is 0 Å². The predicted molar refractivity (Wildman–Crippen MR) is 98.9 cm³/mol. The molecule has 9 heteroatoms. The van der Waals surface area contributed by atoms with E-state index in [0.29, 0.717) is 11.3 Å². The Morgan fingerprint density at radius 1 is 1.15 bits per heavy atom. The van der Waals surface area contributed by atoms with Gasteiger partial charge in [0.05, 0.1) is 17.9 Å². The van der Waals surface area contributed by atoms with E-state index in [1.807, 2.05) is 18.2 Å². The third kappa shape index (κ3) is 4.12. The number of amides is 2. The largest absolute Gasteiger partial charge is 0.332 e. The lowest BCUT2D eigenvalue weighted by Crippen LogP contribution is -2.35. The summed E-state index contributed by atoms with van der Waals surface area (Å²) >= 11 is 3.37. The summed E-state index contributed by atoms with van der Waals surface area (Å²) < 4.78 is 2.27. The Bertz CT molecular complexity index is 911. The molecule has 2 aromatic carbocycles. The van der Waals surface area contributed by atoms with E-state index >= 15 is 0 Å². The highest BCUT2D eigenvalue weighted by molar-refractivity contribution is 9.10. The summed E-state index contributed by atoms with van der Waals surface area (Å²) in [4.78, 5) is 26.0. The highest BCUT2D eigenvalue weighted by Crippen LogP contribution is 2.21. The number of hydrogen-bond acceptors (Lipinski definition) is 5. The summed E-state index contributed by atoms with van der Waals surface area (Å²) in [6.45, 7) is -0.0606. The summed E-state index contributed by atoms with van der Waals surface area (Å²) in [6.07, 6.45) is 1.47. The van der Waals surface area contributed by atoms with Crippen LogP contribution in [-0.4, -0.2) is 50.5 Å². The van der Waals surface area contributed by atoms with Gasteiger partial charge in [-0.15, -0.1) is 5.10 Å². The van der Waals surface area contributed by atoms with Gasteiger partial charge in [0.2, 0.25) is 5.91 Å². The second-order valence-electron chi connectivity index (χ2n) is 5.49. The number of nitrogens with one attached hydrogen (secondary N) is 1. The molecule has 8 nitrogen and oxygen atoms in total. The van der Waals surface area contributed by atoms with E-state index in [9.17, 15) is 9.59 Å². The zero-order chi connectivity index (χ0) is 18.5. The lowest BCUT2D eigenvalue weighted by molar-refractivity contribution is -0.116. The number of para-hydroxylation sites is 1. The molecule has 0 atom stereocenters. The Hall–Kier alpha value is -3.07. The molecular formula is C17H15BrN6O2. The quantitative estimate of drug-likeness (QED) is 0.689. The fourth-order valence-corrected chi connectivity index (χ4v) is 2.68. The van der Waals surface area contributed by atoms with Crippen molar-refractivity contribution in [3.8, 4) is 5.69 Å². The predicted octanol–water partition coefficient (Wildman–Crippen LogP) is 2.14. The van der Waals surface area contributed by atoms with Crippen LogP contribution in [0.2, 0.25) is 0 Å². The number of anilines is 1. The average molecular weight is 415 g/mol. The number of halogens is 1. The van der Waals surface area contributed by atoms with Gasteiger partial charge in [0.25, 0.3) is 5.91 Å². The maximum absolute atomic E-state index is 12.5. The molecule has 3 rings (SSSR count). The fourth-order valence-electron chi connectivity index (χ4n) is 2.30. The molecule has 0 spiro atoms. The molecule has 2 amide bonds. The first kappa shape index (κ1) is 17.7. The van der Waals surface area contributed by atoms with Gasteiger partial charge in [0, 0.05) is 17.1 Å². The summed E-state index contributed by atoms with van der Waals surface area (Å²) in [5.74, 6) is -0.534. The molecule has 0 aliphatic heterocycles. The van der Waals surface area contributed by atoms with Crippen molar-refractivity contribution in [2.45, 2.75) is 0 Å². The number of carbonyl (C=O) groups is 2. The van der Waals surface area contributed by atoms with Crippen LogP contribution in [0.5, 0.6) is 0 Å². The van der Waals surface area contributed by atoms with Crippen molar-refractivity contribution in [2.24, 2.45) is 0 Å². The van der Waals surface area contributed by atoms with Crippen molar-refractivity contribution >= 4 is 33.4 Å². The number of likely N-dealkylation sites (N-methyl/N-ethyl adjacent to an activating group) is 1. The Kier molecular flexibility index (Phi) is 5.37. The highest BCUT2D eigenvalue weighted by Gasteiger charge is 2.16. The number of tetrazole rings is 1. The molecule has 0 bridgehead atoms. The first-order valence-corrected chi connectivity index (χ1v) is 8.47. The van der Waals surface area contributed by atoms with Crippen molar-refractivity contribution in [2.75, 3.05) is 18.9 Å². The molecule has 0 saturated heterocycles. The first-order valence-electron chi connectivity index (χ1n) is 7.68. The Balaban J connectivity index is 1.62. The zero-order valence-corrected chi connectivity index (χ0v) is 15.4. The fraction of sp³-hybridized carbons (Fsp3) is 0.118. The van der Waals surface area contributed by atoms with Crippen molar-refractivity contribution in [3.63, 3.8) is 0 Å². The van der Waals surface area contributed by atoms with Crippen molar-refractivity contribution in [1.82, 2.24) is 25.1 Å². The monoisotopic (exact) mass is 414 g/mol. The van der Waals surface area contributed by atoms with E-state index in [4.69, 9.17) is 0 Å². The van der Waals surface area contributed by atoms with Gasteiger partial charge >= 0.3 is 0 Å². The van der Waals surface area contributed by atoms with E-state index in [2.05, 4.69) is 36.8 Å². The first-order chi connectivity index (χ1) is 12.5. The van der Waals surface area contributed by atoms with E-state index in [-0.39, 0.29) is 18.4 Å². The van der Waals surface area contributed by atoms with Crippen LogP contribution in [0.15, 0.2) is 59.3 Å². The van der Waals surface area contributed by atoms with Gasteiger partial charge in [-0.2, -0.15) is 0 Å². The number of aromatic nitrogens is 4. The second kappa shape index (κ2) is 7.87. The number of rotatable bonds is 5. The topological polar surface area (TPSA) is 93.0 Å². The van der Waals surface area contributed by atoms with Crippen LogP contribution in [0.1, 0.15) is 10.4 Å². The molecule has 3 aromatic rings. The number of nitrogens with zero attached hydrogens (tertiary/aromatic N) is 5. The third-order valence-electron chi connectivity index (χ3n) is 3.60. The van der Waals surface area contributed by atoms with E-state index in [1.54, 1.807) is 37.4 Å². The van der Waals surface area contributed by atoms with E-state index in [1.165, 1.54) is 15.9 Å². The van der Waals surface area contributed by atoms with Gasteiger partial charge in [0.15, 0.2) is 0 Å². The second-order valence-corrected chi connectivity index (χ2v) is 6.34. The van der Waals surface area contributed by atoms with Gasteiger partial charge in [-0.05, 0) is 62.8 Å². The lowest BCUT2D eigenvalue weighted by Gasteiger charge is -2.17. The summed E-state index contributed by atoms with van der Waals surface area (Å²) in [7, 11) is 1.58. The Morgan fingerprint density at radius 3 is 2.54 bits per heavy atom. The van der Waals surface area contributed by atoms with Crippen molar-refractivity contribution in [1.29, 1.82) is 0 Å². The SMILES string of the molecule is CN(CC(=O)Nc1ccccc1Br)C(=O)c1ccc(-n2cnnn2)cc1. The molecule has 1 heterocycles. The number of hydrogen-bond donors (Lipinski definition) is 1. The molecule has 0 aliphatic carbocycles. The van der Waals surface area contributed by atoms with Crippen LogP contribution in [-0.2, 0) is 4.79 Å². The minimum atomic E-state index is -0.280. The van der Waals surface area contributed by atoms with Gasteiger partial charge in [-0.3, -0.25) is 9.59 Å². The third-order valence-corrected chi connectivity index (χ3v) is 4.29. The summed E-state index contributed by atoms with van der Waals surface area (Å²) in [5, 5.41) is 13.7. The van der Waals surface area contributed by atoms with Crippen LogP contribution in [0.4, 0.5) is 5.69 Å². The molecule has 0 unspecified atom stereocenters. The zero-order valence-electron chi connectivity index (χ0n) is 13.8. The number of carbonyl (C=O) groups excluding carboxylic acids is 2. The van der Waals surface area contributed by atoms with Gasteiger partial charge < -0.3 is 10.2 Å². The van der Waals surface area contributed by atoms with E-state index < -0.39 is 0 Å². The molecule has 1 aromatic heterocycles. The Labute approximate surface area is 157 Å². The minimum absolute atomic E-state index is 0.0606. The maximum atomic E-state index is 12.5. The number of benzene rings is 2. The van der Waals surface area contributed by atoms with Gasteiger partial charge in [0.1, 0.15) is 6.33 Å². The van der Waals surface area contributed by atoms with Crippen LogP contribution >= 0.6 is 15.9 Å². The molecule has 1 N–H and O–H groups in total. The molecule has 0 aliphatic rings. The molecule has 0 fully saturated rings. The Morgan fingerprint density at radius 2 is 1.88 bits per heavy atom. The molecule has 0 radical (unpaired) electrons. The van der Waals surface area contributed by atoms with Crippen LogP contribution in [0.25, 0.3) is 5.69 Å². The molecule has 132 valence electrons. The molecule has 0 saturated carbocycles. The minimum Gasteiger partial charge on any atom is -0.332 e. The van der Waals surface area contributed by atoms with Crippen molar-refractivity contribution < 1.29 is 9.59 Å². The summed E-state index contributed by atoms with van der Waals surface area (Å²) in [6, 6.07) is 14.1. The normalized spacial score (nSPS) is 10.4. The van der Waals surface area contributed by atoms with E-state index in [0.717, 1.165) is 10.2 Å². The highest BCUT2D eigenvalue weighted by atomic mass is 79.9.